The van der Waals surface area contributed by atoms with Gasteiger partial charge in [0.25, 0.3) is 0 Å². The lowest BCUT2D eigenvalue weighted by Gasteiger charge is -2.12. The Morgan fingerprint density at radius 3 is 2.59 bits per heavy atom. The number of H-pyrrole nitrogens is 1. The van der Waals surface area contributed by atoms with E-state index in [1.54, 1.807) is 24.4 Å². The predicted octanol–water partition coefficient (Wildman–Crippen LogP) is 5.09. The third-order valence-corrected chi connectivity index (χ3v) is 4.64. The van der Waals surface area contributed by atoms with Crippen LogP contribution in [0.2, 0.25) is 0 Å². The number of imidazole rings is 1. The van der Waals surface area contributed by atoms with Crippen molar-refractivity contribution in [1.29, 1.82) is 0 Å². The van der Waals surface area contributed by atoms with Gasteiger partial charge >= 0.3 is 6.18 Å². The summed E-state index contributed by atoms with van der Waals surface area (Å²) in [4.78, 5) is 11.2. The molecule has 0 radical (unpaired) electrons. The number of hydrogen-bond acceptors (Lipinski definition) is 4. The Labute approximate surface area is 163 Å². The monoisotopic (exact) mass is 407 g/mol. The third kappa shape index (κ3) is 4.18. The van der Waals surface area contributed by atoms with Crippen molar-refractivity contribution in [2.24, 2.45) is 0 Å². The fourth-order valence-corrected chi connectivity index (χ4v) is 2.90. The second-order valence-electron chi connectivity index (χ2n) is 6.76. The van der Waals surface area contributed by atoms with E-state index in [1.165, 1.54) is 7.11 Å². The molecule has 1 aliphatic carbocycles. The lowest BCUT2D eigenvalue weighted by Crippen LogP contribution is -2.09. The van der Waals surface area contributed by atoms with Crippen LogP contribution in [-0.2, 0) is 12.8 Å². The molecular weight excluding hydrogens is 390 g/mol. The van der Waals surface area contributed by atoms with Crippen molar-refractivity contribution < 1.29 is 27.0 Å². The normalized spacial score (nSPS) is 14.1. The molecule has 0 spiro atoms. The Balaban J connectivity index is 1.49. The smallest absolute Gasteiger partial charge is 0.417 e. The third-order valence-electron chi connectivity index (χ3n) is 4.64. The number of nitrogens with one attached hydrogen (secondary N) is 1. The standard InChI is InChI=1S/C20H17F4N3O2/c1-28-18-7-13(4-5-14(18)16-9-26-19(27-16)11-2-3-11)29-10-17-15(21)6-12(8-25-17)20(22,23)24/h4-9,11H,2-3,10H2,1H3,(H,26,27). The largest absolute Gasteiger partial charge is 0.496 e. The maximum Gasteiger partial charge on any atom is 0.417 e. The van der Waals surface area contributed by atoms with E-state index >= 15 is 0 Å². The molecule has 0 aliphatic heterocycles. The first-order valence-electron chi connectivity index (χ1n) is 8.93. The Hall–Kier alpha value is -3.10. The second-order valence-corrected chi connectivity index (χ2v) is 6.76. The Bertz CT molecular complexity index is 1030. The number of hydrogen-bond donors (Lipinski definition) is 1. The van der Waals surface area contributed by atoms with Crippen molar-refractivity contribution in [2.45, 2.75) is 31.5 Å². The lowest BCUT2D eigenvalue weighted by molar-refractivity contribution is -0.138. The number of ether oxygens (including phenoxy) is 2. The highest BCUT2D eigenvalue weighted by atomic mass is 19.4. The number of rotatable bonds is 6. The van der Waals surface area contributed by atoms with Gasteiger partial charge in [-0.1, -0.05) is 0 Å². The van der Waals surface area contributed by atoms with Crippen molar-refractivity contribution in [3.63, 3.8) is 0 Å². The van der Waals surface area contributed by atoms with Gasteiger partial charge in [0.15, 0.2) is 0 Å². The summed E-state index contributed by atoms with van der Waals surface area (Å²) in [6.07, 6.45) is -0.0615. The zero-order chi connectivity index (χ0) is 20.6. The molecule has 0 atom stereocenters. The highest BCUT2D eigenvalue weighted by molar-refractivity contribution is 5.68. The molecule has 1 aliphatic rings. The average Bonchev–Trinajstić information content (AvgIpc) is 3.43. The summed E-state index contributed by atoms with van der Waals surface area (Å²) in [5.41, 5.74) is 0.238. The molecule has 152 valence electrons. The van der Waals surface area contributed by atoms with Crippen molar-refractivity contribution >= 4 is 0 Å². The van der Waals surface area contributed by atoms with E-state index < -0.39 is 17.6 Å². The van der Waals surface area contributed by atoms with Gasteiger partial charge in [0.1, 0.15) is 35.4 Å². The van der Waals surface area contributed by atoms with Gasteiger partial charge in [0, 0.05) is 23.7 Å². The number of methoxy groups -OCH3 is 1. The topological polar surface area (TPSA) is 60.0 Å². The van der Waals surface area contributed by atoms with Crippen molar-refractivity contribution in [2.75, 3.05) is 7.11 Å². The summed E-state index contributed by atoms with van der Waals surface area (Å²) in [7, 11) is 1.51. The zero-order valence-corrected chi connectivity index (χ0v) is 15.4. The maximum atomic E-state index is 13.9. The number of nitrogens with zero attached hydrogens (tertiary/aromatic N) is 2. The summed E-state index contributed by atoms with van der Waals surface area (Å²) in [6, 6.07) is 5.46. The summed E-state index contributed by atoms with van der Waals surface area (Å²) < 4.78 is 62.6. The molecule has 3 aromatic rings. The number of halogens is 4. The molecule has 2 heterocycles. The molecule has 0 unspecified atom stereocenters. The molecule has 0 bridgehead atoms. The van der Waals surface area contributed by atoms with Crippen LogP contribution in [0.15, 0.2) is 36.7 Å². The fraction of sp³-hybridized carbons (Fsp3) is 0.300. The Morgan fingerprint density at radius 1 is 1.14 bits per heavy atom. The number of pyridine rings is 1. The molecule has 5 nitrogen and oxygen atoms in total. The summed E-state index contributed by atoms with van der Waals surface area (Å²) in [5.74, 6) is 1.26. The fourth-order valence-electron chi connectivity index (χ4n) is 2.90. The first-order chi connectivity index (χ1) is 13.8. The molecule has 1 aromatic carbocycles. The number of aromatic amines is 1. The van der Waals surface area contributed by atoms with Crippen LogP contribution < -0.4 is 9.47 Å². The molecule has 0 saturated heterocycles. The molecule has 0 amide bonds. The van der Waals surface area contributed by atoms with Crippen LogP contribution in [0.5, 0.6) is 11.5 Å². The maximum absolute atomic E-state index is 13.9. The quantitative estimate of drug-likeness (QED) is 0.578. The van der Waals surface area contributed by atoms with E-state index in [9.17, 15) is 17.6 Å². The first kappa shape index (κ1) is 19.2. The van der Waals surface area contributed by atoms with Gasteiger partial charge in [-0.25, -0.2) is 9.37 Å². The molecule has 4 rings (SSSR count). The van der Waals surface area contributed by atoms with Gasteiger partial charge in [-0.05, 0) is 31.0 Å². The molecule has 1 fully saturated rings. The lowest BCUT2D eigenvalue weighted by atomic mass is 10.1. The number of aromatic nitrogens is 3. The van der Waals surface area contributed by atoms with Crippen LogP contribution in [0.25, 0.3) is 11.3 Å². The van der Waals surface area contributed by atoms with E-state index in [0.29, 0.717) is 29.7 Å². The molecular formula is C20H17F4N3O2. The number of benzene rings is 1. The summed E-state index contributed by atoms with van der Waals surface area (Å²) in [6.45, 7) is -0.317. The zero-order valence-electron chi connectivity index (χ0n) is 15.4. The molecule has 9 heteroatoms. The van der Waals surface area contributed by atoms with Gasteiger partial charge in [-0.15, -0.1) is 0 Å². The minimum Gasteiger partial charge on any atom is -0.496 e. The summed E-state index contributed by atoms with van der Waals surface area (Å²) in [5, 5.41) is 0. The van der Waals surface area contributed by atoms with Gasteiger partial charge < -0.3 is 14.5 Å². The van der Waals surface area contributed by atoms with Crippen LogP contribution in [0, 0.1) is 5.82 Å². The minimum absolute atomic E-state index is 0.219. The molecule has 2 aromatic heterocycles. The van der Waals surface area contributed by atoms with Crippen LogP contribution in [0.3, 0.4) is 0 Å². The van der Waals surface area contributed by atoms with Gasteiger partial charge in [0.05, 0.1) is 24.6 Å². The highest BCUT2D eigenvalue weighted by Crippen LogP contribution is 2.40. The number of alkyl halides is 3. The average molecular weight is 407 g/mol. The Kier molecular flexibility index (Phi) is 4.89. The van der Waals surface area contributed by atoms with Crippen molar-refractivity contribution in [3.05, 3.63) is 59.6 Å². The van der Waals surface area contributed by atoms with Crippen LogP contribution in [0.4, 0.5) is 17.6 Å². The predicted molar refractivity (Wildman–Crippen MR) is 96.1 cm³/mol. The van der Waals surface area contributed by atoms with Crippen LogP contribution in [-0.4, -0.2) is 22.1 Å². The van der Waals surface area contributed by atoms with E-state index in [2.05, 4.69) is 15.0 Å². The van der Waals surface area contributed by atoms with E-state index in [4.69, 9.17) is 9.47 Å². The van der Waals surface area contributed by atoms with Gasteiger partial charge in [-0.2, -0.15) is 13.2 Å². The van der Waals surface area contributed by atoms with E-state index in [0.717, 1.165) is 29.9 Å². The molecule has 29 heavy (non-hydrogen) atoms. The van der Waals surface area contributed by atoms with Crippen LogP contribution >= 0.6 is 0 Å². The second kappa shape index (κ2) is 7.38. The molecule has 1 saturated carbocycles. The SMILES string of the molecule is COc1cc(OCc2ncc(C(F)(F)F)cc2F)ccc1-c1cnc(C2CC2)[nH]1. The van der Waals surface area contributed by atoms with Gasteiger partial charge in [0.2, 0.25) is 0 Å². The first-order valence-corrected chi connectivity index (χ1v) is 8.93. The molecule has 1 N–H and O–H groups in total. The highest BCUT2D eigenvalue weighted by Gasteiger charge is 2.32. The Morgan fingerprint density at radius 2 is 1.93 bits per heavy atom. The van der Waals surface area contributed by atoms with E-state index in [1.807, 2.05) is 0 Å². The van der Waals surface area contributed by atoms with Crippen molar-refractivity contribution in [1.82, 2.24) is 15.0 Å². The van der Waals surface area contributed by atoms with Crippen molar-refractivity contribution in [3.8, 4) is 22.8 Å². The van der Waals surface area contributed by atoms with Crippen LogP contribution in [0.1, 0.15) is 35.8 Å². The summed E-state index contributed by atoms with van der Waals surface area (Å²) >= 11 is 0. The minimum atomic E-state index is -4.65. The van der Waals surface area contributed by atoms with E-state index in [-0.39, 0.29) is 12.3 Å². The van der Waals surface area contributed by atoms with Gasteiger partial charge in [-0.3, -0.25) is 4.98 Å².